The Morgan fingerprint density at radius 3 is 2.90 bits per heavy atom. The molecule has 20 heavy (non-hydrogen) atoms. The van der Waals surface area contributed by atoms with Gasteiger partial charge in [0.05, 0.1) is 11.4 Å². The molecule has 1 heterocycles. The Hall–Kier alpha value is -2.30. The molecule has 3 rings (SSSR count). The standard InChI is InChI=1S/C15H18N4O/c1-9-13(16)14(19(2)18-9)15(20)17-8-11-7-10-5-3-4-6-12(10)11/h3-6,11H,7-8,16H2,1-2H3,(H,17,20). The highest BCUT2D eigenvalue weighted by atomic mass is 16.2. The molecule has 1 aromatic carbocycles. The molecule has 1 atom stereocenters. The van der Waals surface area contributed by atoms with Gasteiger partial charge in [-0.15, -0.1) is 0 Å². The SMILES string of the molecule is Cc1nn(C)c(C(=O)NCC2Cc3ccccc32)c1N. The molecule has 0 fully saturated rings. The number of nitrogens with two attached hydrogens (primary N) is 1. The Kier molecular flexibility index (Phi) is 2.97. The van der Waals surface area contributed by atoms with Crippen molar-refractivity contribution in [1.82, 2.24) is 15.1 Å². The summed E-state index contributed by atoms with van der Waals surface area (Å²) in [6.07, 6.45) is 1.02. The van der Waals surface area contributed by atoms with Crippen LogP contribution in [0.5, 0.6) is 0 Å². The summed E-state index contributed by atoms with van der Waals surface area (Å²) < 4.78 is 1.54. The van der Waals surface area contributed by atoms with Crippen molar-refractivity contribution in [3.63, 3.8) is 0 Å². The number of rotatable bonds is 3. The molecule has 1 unspecified atom stereocenters. The number of benzene rings is 1. The first kappa shape index (κ1) is 12.7. The van der Waals surface area contributed by atoms with Crippen molar-refractivity contribution in [1.29, 1.82) is 0 Å². The predicted octanol–water partition coefficient (Wildman–Crippen LogP) is 1.38. The molecular weight excluding hydrogens is 252 g/mol. The lowest BCUT2D eigenvalue weighted by atomic mass is 9.77. The number of carbonyl (C=O) groups is 1. The molecule has 0 spiro atoms. The van der Waals surface area contributed by atoms with Gasteiger partial charge < -0.3 is 11.1 Å². The lowest BCUT2D eigenvalue weighted by Crippen LogP contribution is -2.34. The third-order valence-corrected chi connectivity index (χ3v) is 3.95. The van der Waals surface area contributed by atoms with Gasteiger partial charge in [0, 0.05) is 19.5 Å². The Morgan fingerprint density at radius 1 is 1.50 bits per heavy atom. The number of nitrogen functional groups attached to an aromatic ring is 1. The lowest BCUT2D eigenvalue weighted by Gasteiger charge is -2.30. The minimum absolute atomic E-state index is 0.157. The number of nitrogens with one attached hydrogen (secondary N) is 1. The van der Waals surface area contributed by atoms with Gasteiger partial charge in [-0.05, 0) is 24.5 Å². The van der Waals surface area contributed by atoms with Crippen molar-refractivity contribution >= 4 is 11.6 Å². The van der Waals surface area contributed by atoms with Crippen LogP contribution in [0.1, 0.15) is 33.2 Å². The molecule has 1 amide bonds. The fraction of sp³-hybridized carbons (Fsp3) is 0.333. The van der Waals surface area contributed by atoms with E-state index in [1.807, 2.05) is 12.1 Å². The summed E-state index contributed by atoms with van der Waals surface area (Å²) in [7, 11) is 1.73. The number of hydrogen-bond donors (Lipinski definition) is 2. The molecule has 0 aliphatic heterocycles. The number of aryl methyl sites for hydroxylation is 2. The number of amides is 1. The monoisotopic (exact) mass is 270 g/mol. The number of fused-ring (bicyclic) bond motifs is 1. The molecule has 5 heteroatoms. The zero-order valence-electron chi connectivity index (χ0n) is 11.7. The van der Waals surface area contributed by atoms with Crippen molar-refractivity contribution in [3.8, 4) is 0 Å². The van der Waals surface area contributed by atoms with Gasteiger partial charge in [0.2, 0.25) is 0 Å². The van der Waals surface area contributed by atoms with Crippen LogP contribution in [-0.2, 0) is 13.5 Å². The van der Waals surface area contributed by atoms with E-state index >= 15 is 0 Å². The summed E-state index contributed by atoms with van der Waals surface area (Å²) >= 11 is 0. The molecular formula is C15H18N4O. The minimum Gasteiger partial charge on any atom is -0.395 e. The van der Waals surface area contributed by atoms with Crippen molar-refractivity contribution in [2.24, 2.45) is 7.05 Å². The third-order valence-electron chi connectivity index (χ3n) is 3.95. The molecule has 5 nitrogen and oxygen atoms in total. The number of nitrogens with zero attached hydrogens (tertiary/aromatic N) is 2. The zero-order chi connectivity index (χ0) is 14.3. The molecule has 1 aliphatic carbocycles. The van der Waals surface area contributed by atoms with Crippen LogP contribution in [-0.4, -0.2) is 22.2 Å². The van der Waals surface area contributed by atoms with Gasteiger partial charge in [0.25, 0.3) is 5.91 Å². The molecule has 3 N–H and O–H groups in total. The van der Waals surface area contributed by atoms with E-state index in [2.05, 4.69) is 22.5 Å². The molecule has 0 saturated heterocycles. The van der Waals surface area contributed by atoms with Crippen LogP contribution >= 0.6 is 0 Å². The highest BCUT2D eigenvalue weighted by Gasteiger charge is 2.26. The van der Waals surface area contributed by atoms with E-state index in [1.54, 1.807) is 14.0 Å². The van der Waals surface area contributed by atoms with Gasteiger partial charge in [0.1, 0.15) is 5.69 Å². The quantitative estimate of drug-likeness (QED) is 0.885. The minimum atomic E-state index is -0.157. The summed E-state index contributed by atoms with van der Waals surface area (Å²) in [6.45, 7) is 2.44. The van der Waals surface area contributed by atoms with Crippen LogP contribution in [0.4, 0.5) is 5.69 Å². The molecule has 1 aromatic heterocycles. The smallest absolute Gasteiger partial charge is 0.271 e. The highest BCUT2D eigenvalue weighted by molar-refractivity contribution is 5.97. The Morgan fingerprint density at radius 2 is 2.25 bits per heavy atom. The van der Waals surface area contributed by atoms with Gasteiger partial charge in [-0.2, -0.15) is 5.10 Å². The van der Waals surface area contributed by atoms with E-state index in [0.717, 1.165) is 6.42 Å². The number of aromatic nitrogens is 2. The second-order valence-electron chi connectivity index (χ2n) is 5.28. The van der Waals surface area contributed by atoms with Gasteiger partial charge in [0.15, 0.2) is 0 Å². The summed E-state index contributed by atoms with van der Waals surface area (Å²) in [5.74, 6) is 0.251. The molecule has 0 radical (unpaired) electrons. The largest absolute Gasteiger partial charge is 0.395 e. The van der Waals surface area contributed by atoms with E-state index in [4.69, 9.17) is 5.73 Å². The van der Waals surface area contributed by atoms with Crippen LogP contribution in [0.3, 0.4) is 0 Å². The third kappa shape index (κ3) is 1.95. The van der Waals surface area contributed by atoms with Gasteiger partial charge in [-0.25, -0.2) is 0 Å². The van der Waals surface area contributed by atoms with Crippen LogP contribution < -0.4 is 11.1 Å². The maximum atomic E-state index is 12.2. The fourth-order valence-electron chi connectivity index (χ4n) is 2.79. The summed E-state index contributed by atoms with van der Waals surface area (Å²) in [4.78, 5) is 12.2. The molecule has 1 aliphatic rings. The predicted molar refractivity (Wildman–Crippen MR) is 77.6 cm³/mol. The van der Waals surface area contributed by atoms with Gasteiger partial charge in [-0.3, -0.25) is 9.48 Å². The highest BCUT2D eigenvalue weighted by Crippen LogP contribution is 2.34. The fourth-order valence-corrected chi connectivity index (χ4v) is 2.79. The van der Waals surface area contributed by atoms with Gasteiger partial charge in [-0.1, -0.05) is 24.3 Å². The second-order valence-corrected chi connectivity index (χ2v) is 5.28. The van der Waals surface area contributed by atoms with Crippen molar-refractivity contribution < 1.29 is 4.79 Å². The van der Waals surface area contributed by atoms with E-state index in [9.17, 15) is 4.79 Å². The molecule has 0 saturated carbocycles. The van der Waals surface area contributed by atoms with E-state index in [-0.39, 0.29) is 5.91 Å². The van der Waals surface area contributed by atoms with Crippen molar-refractivity contribution in [3.05, 3.63) is 46.8 Å². The second kappa shape index (κ2) is 4.67. The average Bonchev–Trinajstić information content (AvgIpc) is 2.64. The molecule has 2 aromatic rings. The van der Waals surface area contributed by atoms with Crippen LogP contribution in [0, 0.1) is 6.92 Å². The lowest BCUT2D eigenvalue weighted by molar-refractivity contribution is 0.0941. The summed E-state index contributed by atoms with van der Waals surface area (Å²) in [5, 5.41) is 7.12. The van der Waals surface area contributed by atoms with Crippen molar-refractivity contribution in [2.45, 2.75) is 19.3 Å². The maximum absolute atomic E-state index is 12.2. The zero-order valence-corrected chi connectivity index (χ0v) is 11.7. The van der Waals surface area contributed by atoms with Crippen LogP contribution in [0.15, 0.2) is 24.3 Å². The molecule has 0 bridgehead atoms. The Bertz CT molecular complexity index is 675. The number of carbonyl (C=O) groups excluding carboxylic acids is 1. The summed E-state index contributed by atoms with van der Waals surface area (Å²) in [6, 6.07) is 8.34. The number of hydrogen-bond acceptors (Lipinski definition) is 3. The first-order valence-corrected chi connectivity index (χ1v) is 6.73. The Balaban J connectivity index is 1.67. The first-order valence-electron chi connectivity index (χ1n) is 6.73. The maximum Gasteiger partial charge on any atom is 0.271 e. The molecule has 104 valence electrons. The van der Waals surface area contributed by atoms with E-state index < -0.39 is 0 Å². The topological polar surface area (TPSA) is 72.9 Å². The Labute approximate surface area is 117 Å². The van der Waals surface area contributed by atoms with Crippen LogP contribution in [0.2, 0.25) is 0 Å². The normalized spacial score (nSPS) is 16.4. The number of anilines is 1. The summed E-state index contributed by atoms with van der Waals surface area (Å²) in [5.41, 5.74) is 10.2. The van der Waals surface area contributed by atoms with E-state index in [0.29, 0.717) is 29.5 Å². The van der Waals surface area contributed by atoms with Crippen LogP contribution in [0.25, 0.3) is 0 Å². The van der Waals surface area contributed by atoms with Crippen molar-refractivity contribution in [2.75, 3.05) is 12.3 Å². The van der Waals surface area contributed by atoms with Gasteiger partial charge >= 0.3 is 0 Å². The average molecular weight is 270 g/mol. The van der Waals surface area contributed by atoms with E-state index in [1.165, 1.54) is 15.8 Å². The first-order chi connectivity index (χ1) is 9.58.